The van der Waals surface area contributed by atoms with Crippen molar-refractivity contribution in [3.05, 3.63) is 97.2 Å². The second kappa shape index (κ2) is 38.9. The molecule has 0 fully saturated rings. The molecule has 0 aliphatic heterocycles. The van der Waals surface area contributed by atoms with Crippen molar-refractivity contribution in [2.24, 2.45) is 0 Å². The largest absolute Gasteiger partial charge is 0.756 e. The molecule has 0 spiro atoms. The highest BCUT2D eigenvalue weighted by Crippen LogP contribution is 2.38. The highest BCUT2D eigenvalue weighted by Gasteiger charge is 2.24. The lowest BCUT2D eigenvalue weighted by Gasteiger charge is -2.30. The molecule has 57 heavy (non-hydrogen) atoms. The van der Waals surface area contributed by atoms with E-state index in [4.69, 9.17) is 9.05 Å². The minimum Gasteiger partial charge on any atom is -0.756 e. The number of hydrogen-bond acceptors (Lipinski definition) is 6. The van der Waals surface area contributed by atoms with Gasteiger partial charge in [0, 0.05) is 6.42 Å². The van der Waals surface area contributed by atoms with E-state index in [0.29, 0.717) is 23.9 Å². The maximum Gasteiger partial charge on any atom is 0.268 e. The van der Waals surface area contributed by atoms with Crippen LogP contribution in [0.15, 0.2) is 97.2 Å². The third kappa shape index (κ3) is 41.4. The fraction of sp³-hybridized carbons (Fsp3) is 0.646. The predicted octanol–water partition coefficient (Wildman–Crippen LogP) is 11.7. The number of nitrogens with one attached hydrogen (secondary N) is 1. The van der Waals surface area contributed by atoms with Crippen LogP contribution in [0.2, 0.25) is 0 Å². The van der Waals surface area contributed by atoms with Crippen LogP contribution in [-0.2, 0) is 18.4 Å². The van der Waals surface area contributed by atoms with Crippen molar-refractivity contribution in [3.8, 4) is 0 Å². The van der Waals surface area contributed by atoms with E-state index in [1.807, 2.05) is 21.1 Å². The second-order valence-corrected chi connectivity index (χ2v) is 17.1. The maximum absolute atomic E-state index is 12.8. The van der Waals surface area contributed by atoms with Gasteiger partial charge in [0.1, 0.15) is 13.2 Å². The summed E-state index contributed by atoms with van der Waals surface area (Å²) in [6, 6.07) is -0.817. The number of phosphoric ester groups is 1. The van der Waals surface area contributed by atoms with Crippen LogP contribution in [0, 0.1) is 0 Å². The number of quaternary nitrogens is 1. The van der Waals surface area contributed by atoms with Crippen LogP contribution >= 0.6 is 7.82 Å². The molecule has 0 aliphatic carbocycles. The van der Waals surface area contributed by atoms with Crippen LogP contribution < -0.4 is 10.2 Å². The van der Waals surface area contributed by atoms with Gasteiger partial charge in [0.15, 0.2) is 0 Å². The molecular formula is C48H83N2O6P. The second-order valence-electron chi connectivity index (χ2n) is 15.7. The molecule has 0 heterocycles. The van der Waals surface area contributed by atoms with Crippen molar-refractivity contribution in [2.45, 2.75) is 161 Å². The number of likely N-dealkylation sites (N-methyl/N-ethyl adjacent to an activating group) is 1. The Bertz CT molecular complexity index is 1240. The number of carbonyl (C=O) groups is 1. The Kier molecular flexibility index (Phi) is 37.2. The zero-order valence-corrected chi connectivity index (χ0v) is 37.6. The molecule has 3 unspecified atom stereocenters. The fourth-order valence-corrected chi connectivity index (χ4v) is 6.30. The summed E-state index contributed by atoms with van der Waals surface area (Å²) in [4.78, 5) is 25.1. The van der Waals surface area contributed by atoms with Gasteiger partial charge in [-0.05, 0) is 77.0 Å². The first-order valence-electron chi connectivity index (χ1n) is 22.1. The number of phosphoric acid groups is 1. The normalized spacial score (nSPS) is 15.3. The lowest BCUT2D eigenvalue weighted by molar-refractivity contribution is -0.870. The Morgan fingerprint density at radius 1 is 0.632 bits per heavy atom. The fourth-order valence-electron chi connectivity index (χ4n) is 5.58. The number of hydrogen-bond donors (Lipinski definition) is 2. The summed E-state index contributed by atoms with van der Waals surface area (Å²) >= 11 is 0. The van der Waals surface area contributed by atoms with Gasteiger partial charge in [-0.3, -0.25) is 9.36 Å². The SMILES string of the molecule is CC/C=C\C/C=C\C/C=C\C/C=C\C/C=C\C/C=C\C/C=C\C/C=C\CCCCCCC(=O)NC(COP(=O)([O-])OCC[N+](C)(C)C)C(O)CCCCCCCC. The molecule has 0 aliphatic rings. The summed E-state index contributed by atoms with van der Waals surface area (Å²) in [7, 11) is 1.26. The van der Waals surface area contributed by atoms with Gasteiger partial charge in [-0.25, -0.2) is 0 Å². The molecule has 0 aromatic carbocycles. The van der Waals surface area contributed by atoms with Crippen LogP contribution in [0.4, 0.5) is 0 Å². The zero-order chi connectivity index (χ0) is 42.1. The van der Waals surface area contributed by atoms with E-state index in [2.05, 4.69) is 116 Å². The van der Waals surface area contributed by atoms with Crippen molar-refractivity contribution in [3.63, 3.8) is 0 Å². The monoisotopic (exact) mass is 815 g/mol. The average Bonchev–Trinajstić information content (AvgIpc) is 3.16. The third-order valence-corrected chi connectivity index (χ3v) is 10.1. The molecule has 0 rings (SSSR count). The van der Waals surface area contributed by atoms with Crippen LogP contribution in [0.1, 0.15) is 149 Å². The van der Waals surface area contributed by atoms with Crippen molar-refractivity contribution >= 4 is 13.7 Å². The summed E-state index contributed by atoms with van der Waals surface area (Å²) < 4.78 is 23.1. The van der Waals surface area contributed by atoms with Gasteiger partial charge in [-0.15, -0.1) is 0 Å². The van der Waals surface area contributed by atoms with Gasteiger partial charge < -0.3 is 28.8 Å². The standard InChI is InChI=1S/C48H83N2O6P/c1-6-8-10-12-14-15-16-17-18-19-20-21-22-23-24-25-26-27-28-29-30-31-32-33-34-35-36-38-40-42-48(52)49-46(47(51)41-39-37-13-11-9-7-2)45-56-57(53,54)55-44-43-50(3,4)5/h8,10,14-15,17-18,20-21,23-24,26-27,29-30,32-33,46-47,51H,6-7,9,11-13,16,19,22,25,28,31,34-45H2,1-5H3,(H-,49,52,53,54)/b10-8-,15-14-,18-17-,21-20-,24-23-,27-26-,30-29-,33-32-. The smallest absolute Gasteiger partial charge is 0.268 e. The Morgan fingerprint density at radius 2 is 1.07 bits per heavy atom. The molecule has 8 nitrogen and oxygen atoms in total. The van der Waals surface area contributed by atoms with Gasteiger partial charge in [0.2, 0.25) is 5.91 Å². The van der Waals surface area contributed by atoms with E-state index in [-0.39, 0.29) is 19.1 Å². The number of rotatable bonds is 38. The molecule has 326 valence electrons. The molecule has 9 heteroatoms. The van der Waals surface area contributed by atoms with E-state index in [1.165, 1.54) is 19.3 Å². The number of allylic oxidation sites excluding steroid dienone is 16. The average molecular weight is 815 g/mol. The highest BCUT2D eigenvalue weighted by molar-refractivity contribution is 7.45. The third-order valence-electron chi connectivity index (χ3n) is 9.09. The van der Waals surface area contributed by atoms with Crippen LogP contribution in [0.3, 0.4) is 0 Å². The number of nitrogens with zero attached hydrogens (tertiary/aromatic N) is 1. The minimum atomic E-state index is -4.56. The van der Waals surface area contributed by atoms with Gasteiger partial charge in [-0.1, -0.05) is 162 Å². The first kappa shape index (κ1) is 54.4. The zero-order valence-electron chi connectivity index (χ0n) is 36.7. The van der Waals surface area contributed by atoms with Gasteiger partial charge in [0.25, 0.3) is 7.82 Å². The van der Waals surface area contributed by atoms with Crippen LogP contribution in [0.25, 0.3) is 0 Å². The summed E-state index contributed by atoms with van der Waals surface area (Å²) in [6.45, 7) is 4.48. The van der Waals surface area contributed by atoms with Crippen LogP contribution in [-0.4, -0.2) is 68.5 Å². The summed E-state index contributed by atoms with van der Waals surface area (Å²) in [5.41, 5.74) is 0. The van der Waals surface area contributed by atoms with E-state index in [9.17, 15) is 19.4 Å². The molecule has 0 radical (unpaired) electrons. The summed E-state index contributed by atoms with van der Waals surface area (Å²) in [6.07, 6.45) is 54.5. The van der Waals surface area contributed by atoms with E-state index < -0.39 is 20.0 Å². The Labute approximate surface area is 349 Å². The molecule has 0 aromatic rings. The number of unbranched alkanes of at least 4 members (excludes halogenated alkanes) is 9. The van der Waals surface area contributed by atoms with Crippen molar-refractivity contribution < 1.29 is 32.9 Å². The molecule has 3 atom stereocenters. The maximum atomic E-state index is 12.8. The topological polar surface area (TPSA) is 108 Å². The number of aliphatic hydroxyl groups is 1. The highest BCUT2D eigenvalue weighted by atomic mass is 31.2. The van der Waals surface area contributed by atoms with Gasteiger partial charge in [0.05, 0.1) is 39.9 Å². The molecule has 0 saturated carbocycles. The summed E-state index contributed by atoms with van der Waals surface area (Å²) in [5.74, 6) is -0.201. The van der Waals surface area contributed by atoms with Crippen molar-refractivity contribution in [1.82, 2.24) is 5.32 Å². The first-order valence-corrected chi connectivity index (χ1v) is 23.5. The molecule has 0 bridgehead atoms. The minimum absolute atomic E-state index is 0.000184. The Hall–Kier alpha value is -2.58. The lowest BCUT2D eigenvalue weighted by Crippen LogP contribution is -2.46. The van der Waals surface area contributed by atoms with Crippen molar-refractivity contribution in [1.29, 1.82) is 0 Å². The molecule has 0 aromatic heterocycles. The lowest BCUT2D eigenvalue weighted by atomic mass is 10.0. The molecule has 0 saturated heterocycles. The van der Waals surface area contributed by atoms with Crippen LogP contribution in [0.5, 0.6) is 0 Å². The van der Waals surface area contributed by atoms with E-state index in [0.717, 1.165) is 103 Å². The number of amides is 1. The number of aliphatic hydroxyl groups excluding tert-OH is 1. The Balaban J connectivity index is 4.19. The van der Waals surface area contributed by atoms with E-state index >= 15 is 0 Å². The molecular weight excluding hydrogens is 732 g/mol. The predicted molar refractivity (Wildman–Crippen MR) is 242 cm³/mol. The number of carbonyl (C=O) groups excluding carboxylic acids is 1. The van der Waals surface area contributed by atoms with Gasteiger partial charge in [-0.2, -0.15) is 0 Å². The Morgan fingerprint density at radius 3 is 1.56 bits per heavy atom. The summed E-state index contributed by atoms with van der Waals surface area (Å²) in [5, 5.41) is 13.7. The molecule has 1 amide bonds. The van der Waals surface area contributed by atoms with E-state index in [1.54, 1.807) is 0 Å². The molecule has 2 N–H and O–H groups in total. The first-order chi connectivity index (χ1) is 27.5. The van der Waals surface area contributed by atoms with Crippen molar-refractivity contribution in [2.75, 3.05) is 40.9 Å². The van der Waals surface area contributed by atoms with Gasteiger partial charge >= 0.3 is 0 Å². The quantitative estimate of drug-likeness (QED) is 0.0278.